The average Bonchev–Trinajstić information content (AvgIpc) is 3.21. The monoisotopic (exact) mass is 423 g/mol. The molecular weight excluding hydrogens is 410 g/mol. The molecule has 0 spiro atoms. The van der Waals surface area contributed by atoms with E-state index in [9.17, 15) is 13.2 Å². The number of aromatic nitrogens is 5. The molecule has 0 aliphatic carbocycles. The first kappa shape index (κ1) is 19.1. The molecule has 0 N–H and O–H groups in total. The third-order valence-electron chi connectivity index (χ3n) is 4.92. The quantitative estimate of drug-likeness (QED) is 0.364. The van der Waals surface area contributed by atoms with E-state index in [1.165, 1.54) is 28.8 Å². The molecule has 9 heteroatoms. The van der Waals surface area contributed by atoms with Crippen molar-refractivity contribution in [2.75, 3.05) is 0 Å². The standard InChI is InChI=1S/C22H13F4N5/c23-20(15-6-7-17-13(11-15)4-2-10-27-17)21-29-28-19-9-8-18(30-31(19)21)14-3-1-5-16(12-14)22(24,25)26/h1-12,20H. The lowest BCUT2D eigenvalue weighted by molar-refractivity contribution is -0.137. The molecule has 0 aliphatic heterocycles. The summed E-state index contributed by atoms with van der Waals surface area (Å²) in [7, 11) is 0. The molecule has 154 valence electrons. The van der Waals surface area contributed by atoms with E-state index in [4.69, 9.17) is 0 Å². The van der Waals surface area contributed by atoms with Gasteiger partial charge in [-0.3, -0.25) is 4.98 Å². The van der Waals surface area contributed by atoms with Gasteiger partial charge in [0.1, 0.15) is 0 Å². The predicted octanol–water partition coefficient (Wildman–Crippen LogP) is 5.42. The minimum Gasteiger partial charge on any atom is -0.256 e. The maximum Gasteiger partial charge on any atom is 0.416 e. The highest BCUT2D eigenvalue weighted by atomic mass is 19.4. The van der Waals surface area contributed by atoms with Gasteiger partial charge in [-0.15, -0.1) is 10.2 Å². The highest BCUT2D eigenvalue weighted by Crippen LogP contribution is 2.32. The van der Waals surface area contributed by atoms with Gasteiger partial charge in [-0.2, -0.15) is 22.8 Å². The molecule has 5 aromatic rings. The van der Waals surface area contributed by atoms with Crippen LogP contribution >= 0.6 is 0 Å². The first-order valence-electron chi connectivity index (χ1n) is 9.29. The van der Waals surface area contributed by atoms with Gasteiger partial charge in [-0.1, -0.05) is 24.3 Å². The maximum atomic E-state index is 15.4. The first-order valence-corrected chi connectivity index (χ1v) is 9.29. The summed E-state index contributed by atoms with van der Waals surface area (Å²) < 4.78 is 55.8. The molecule has 0 bridgehead atoms. The Morgan fingerprint density at radius 3 is 2.58 bits per heavy atom. The molecule has 0 saturated carbocycles. The van der Waals surface area contributed by atoms with Crippen LogP contribution in [-0.4, -0.2) is 24.8 Å². The van der Waals surface area contributed by atoms with Gasteiger partial charge in [0.15, 0.2) is 17.6 Å². The molecule has 5 nitrogen and oxygen atoms in total. The van der Waals surface area contributed by atoms with Gasteiger partial charge in [0.2, 0.25) is 0 Å². The fraction of sp³-hybridized carbons (Fsp3) is 0.0909. The second kappa shape index (κ2) is 7.12. The number of rotatable bonds is 3. The van der Waals surface area contributed by atoms with Crippen molar-refractivity contribution in [3.63, 3.8) is 0 Å². The number of nitrogens with zero attached hydrogens (tertiary/aromatic N) is 5. The van der Waals surface area contributed by atoms with Gasteiger partial charge in [-0.25, -0.2) is 4.39 Å². The Morgan fingerprint density at radius 1 is 0.871 bits per heavy atom. The molecule has 5 rings (SSSR count). The normalized spacial score (nSPS) is 13.0. The van der Waals surface area contributed by atoms with E-state index in [0.717, 1.165) is 23.0 Å². The topological polar surface area (TPSA) is 56.0 Å². The summed E-state index contributed by atoms with van der Waals surface area (Å²) in [5.74, 6) is -0.0629. The molecule has 3 heterocycles. The van der Waals surface area contributed by atoms with Crippen molar-refractivity contribution >= 4 is 16.6 Å². The molecule has 31 heavy (non-hydrogen) atoms. The Hall–Kier alpha value is -3.88. The number of benzene rings is 2. The van der Waals surface area contributed by atoms with E-state index in [1.54, 1.807) is 30.5 Å². The van der Waals surface area contributed by atoms with Crippen LogP contribution in [-0.2, 0) is 6.18 Å². The van der Waals surface area contributed by atoms with Crippen LogP contribution < -0.4 is 0 Å². The lowest BCUT2D eigenvalue weighted by Crippen LogP contribution is -2.06. The van der Waals surface area contributed by atoms with Gasteiger partial charge in [0.25, 0.3) is 0 Å². The van der Waals surface area contributed by atoms with E-state index >= 15 is 4.39 Å². The summed E-state index contributed by atoms with van der Waals surface area (Å²) in [5.41, 5.74) is 1.08. The van der Waals surface area contributed by atoms with E-state index in [0.29, 0.717) is 5.56 Å². The Kier molecular flexibility index (Phi) is 4.39. The number of fused-ring (bicyclic) bond motifs is 2. The average molecular weight is 423 g/mol. The second-order valence-electron chi connectivity index (χ2n) is 6.94. The Bertz CT molecular complexity index is 1410. The Balaban J connectivity index is 1.57. The van der Waals surface area contributed by atoms with Crippen molar-refractivity contribution in [1.82, 2.24) is 24.8 Å². The van der Waals surface area contributed by atoms with Crippen LogP contribution in [0.4, 0.5) is 17.6 Å². The predicted molar refractivity (Wildman–Crippen MR) is 106 cm³/mol. The van der Waals surface area contributed by atoms with Crippen molar-refractivity contribution in [2.24, 2.45) is 0 Å². The summed E-state index contributed by atoms with van der Waals surface area (Å²) in [6.45, 7) is 0. The minimum absolute atomic E-state index is 0.0629. The Labute approximate surface area is 173 Å². The fourth-order valence-corrected chi connectivity index (χ4v) is 3.37. The van der Waals surface area contributed by atoms with E-state index < -0.39 is 17.9 Å². The van der Waals surface area contributed by atoms with Gasteiger partial charge in [-0.05, 0) is 48.0 Å². The summed E-state index contributed by atoms with van der Waals surface area (Å²) >= 11 is 0. The van der Waals surface area contributed by atoms with E-state index in [1.807, 2.05) is 6.07 Å². The zero-order chi connectivity index (χ0) is 21.6. The fourth-order valence-electron chi connectivity index (χ4n) is 3.37. The van der Waals surface area contributed by atoms with Gasteiger partial charge < -0.3 is 0 Å². The molecule has 0 fully saturated rings. The zero-order valence-electron chi connectivity index (χ0n) is 15.8. The highest BCUT2D eigenvalue weighted by Gasteiger charge is 2.30. The van der Waals surface area contributed by atoms with Gasteiger partial charge in [0.05, 0.1) is 16.8 Å². The van der Waals surface area contributed by atoms with E-state index in [-0.39, 0.29) is 22.7 Å². The van der Waals surface area contributed by atoms with Crippen LogP contribution in [0.1, 0.15) is 23.1 Å². The Morgan fingerprint density at radius 2 is 1.74 bits per heavy atom. The smallest absolute Gasteiger partial charge is 0.256 e. The summed E-state index contributed by atoms with van der Waals surface area (Å²) in [6.07, 6.45) is -4.46. The summed E-state index contributed by atoms with van der Waals surface area (Å²) in [5, 5.41) is 12.9. The van der Waals surface area contributed by atoms with Crippen LogP contribution in [0.3, 0.4) is 0 Å². The van der Waals surface area contributed by atoms with Crippen molar-refractivity contribution in [3.05, 3.63) is 89.9 Å². The molecule has 0 amide bonds. The third kappa shape index (κ3) is 3.48. The van der Waals surface area contributed by atoms with Crippen molar-refractivity contribution in [1.29, 1.82) is 0 Å². The van der Waals surface area contributed by atoms with Crippen molar-refractivity contribution < 1.29 is 17.6 Å². The van der Waals surface area contributed by atoms with Gasteiger partial charge >= 0.3 is 6.18 Å². The highest BCUT2D eigenvalue weighted by molar-refractivity contribution is 5.79. The zero-order valence-corrected chi connectivity index (χ0v) is 15.8. The maximum absolute atomic E-state index is 15.4. The molecule has 2 aromatic carbocycles. The van der Waals surface area contributed by atoms with Gasteiger partial charge in [0, 0.05) is 17.1 Å². The number of halogens is 4. The lowest BCUT2D eigenvalue weighted by atomic mass is 10.1. The molecular formula is C22H13F4N5. The molecule has 0 radical (unpaired) electrons. The SMILES string of the molecule is FC(c1ccc2ncccc2c1)c1nnc2ccc(-c3cccc(C(F)(F)F)c3)nn12. The number of alkyl halides is 4. The molecule has 1 unspecified atom stereocenters. The number of hydrogen-bond acceptors (Lipinski definition) is 4. The molecule has 1 atom stereocenters. The van der Waals surface area contributed by atoms with Crippen molar-refractivity contribution in [3.8, 4) is 11.3 Å². The minimum atomic E-state index is -4.48. The van der Waals surface area contributed by atoms with E-state index in [2.05, 4.69) is 20.3 Å². The van der Waals surface area contributed by atoms with Crippen molar-refractivity contribution in [2.45, 2.75) is 12.3 Å². The molecule has 0 saturated heterocycles. The van der Waals surface area contributed by atoms with Crippen LogP contribution in [0, 0.1) is 0 Å². The third-order valence-corrected chi connectivity index (χ3v) is 4.92. The van der Waals surface area contributed by atoms with Crippen LogP contribution in [0.2, 0.25) is 0 Å². The van der Waals surface area contributed by atoms with Crippen LogP contribution in [0.25, 0.3) is 27.8 Å². The molecule has 0 aliphatic rings. The second-order valence-corrected chi connectivity index (χ2v) is 6.94. The first-order chi connectivity index (χ1) is 14.9. The largest absolute Gasteiger partial charge is 0.416 e. The number of pyridine rings is 1. The lowest BCUT2D eigenvalue weighted by Gasteiger charge is -2.10. The summed E-state index contributed by atoms with van der Waals surface area (Å²) in [6, 6.07) is 16.4. The number of hydrogen-bond donors (Lipinski definition) is 0. The summed E-state index contributed by atoms with van der Waals surface area (Å²) in [4.78, 5) is 4.22. The van der Waals surface area contributed by atoms with Crippen LogP contribution in [0.5, 0.6) is 0 Å². The molecule has 3 aromatic heterocycles. The van der Waals surface area contributed by atoms with Crippen LogP contribution in [0.15, 0.2) is 72.9 Å².